The quantitative estimate of drug-likeness (QED) is 0.933. The molecule has 2 aromatic heterocycles. The first-order chi connectivity index (χ1) is 8.63. The number of nitrogens with zero attached hydrogens (tertiary/aromatic N) is 2. The van der Waals surface area contributed by atoms with E-state index in [0.717, 1.165) is 17.8 Å². The second-order valence-corrected chi connectivity index (χ2v) is 6.86. The van der Waals surface area contributed by atoms with Gasteiger partial charge in [-0.2, -0.15) is 5.10 Å². The van der Waals surface area contributed by atoms with E-state index in [2.05, 4.69) is 10.4 Å². The predicted molar refractivity (Wildman–Crippen MR) is 76.4 cm³/mol. The SMILES string of the molecule is Cn1cc(CNC2CC2)c(-c2cc(Cl)sc2Cl)n1. The van der Waals surface area contributed by atoms with Gasteiger partial charge in [0.1, 0.15) is 4.34 Å². The average molecular weight is 302 g/mol. The monoisotopic (exact) mass is 301 g/mol. The van der Waals surface area contributed by atoms with E-state index in [9.17, 15) is 0 Å². The lowest BCUT2D eigenvalue weighted by atomic mass is 10.1. The molecule has 0 aliphatic heterocycles. The highest BCUT2D eigenvalue weighted by molar-refractivity contribution is 7.20. The zero-order chi connectivity index (χ0) is 12.7. The van der Waals surface area contributed by atoms with Crippen LogP contribution in [0.2, 0.25) is 8.67 Å². The van der Waals surface area contributed by atoms with Crippen molar-refractivity contribution < 1.29 is 0 Å². The third-order valence-electron chi connectivity index (χ3n) is 2.97. The summed E-state index contributed by atoms with van der Waals surface area (Å²) in [5.41, 5.74) is 3.03. The smallest absolute Gasteiger partial charge is 0.104 e. The molecule has 3 nitrogen and oxygen atoms in total. The van der Waals surface area contributed by atoms with Crippen LogP contribution in [0.25, 0.3) is 11.3 Å². The summed E-state index contributed by atoms with van der Waals surface area (Å²) in [7, 11) is 1.92. The molecule has 0 aromatic carbocycles. The summed E-state index contributed by atoms with van der Waals surface area (Å²) in [5, 5.41) is 7.99. The maximum atomic E-state index is 6.20. The Morgan fingerprint density at radius 1 is 1.50 bits per heavy atom. The number of nitrogens with one attached hydrogen (secondary N) is 1. The fraction of sp³-hybridized carbons (Fsp3) is 0.417. The molecular formula is C12H13Cl2N3S. The molecule has 18 heavy (non-hydrogen) atoms. The van der Waals surface area contributed by atoms with Crippen LogP contribution in [0.3, 0.4) is 0 Å². The maximum Gasteiger partial charge on any atom is 0.104 e. The Morgan fingerprint density at radius 3 is 2.89 bits per heavy atom. The van der Waals surface area contributed by atoms with Gasteiger partial charge in [0.15, 0.2) is 0 Å². The van der Waals surface area contributed by atoms with Gasteiger partial charge in [-0.05, 0) is 18.9 Å². The van der Waals surface area contributed by atoms with Crippen LogP contribution in [0.4, 0.5) is 0 Å². The van der Waals surface area contributed by atoms with Crippen molar-refractivity contribution in [2.75, 3.05) is 0 Å². The van der Waals surface area contributed by atoms with Gasteiger partial charge in [-0.3, -0.25) is 4.68 Å². The van der Waals surface area contributed by atoms with Gasteiger partial charge in [0, 0.05) is 37.0 Å². The normalized spacial score (nSPS) is 15.3. The molecule has 6 heteroatoms. The molecule has 2 heterocycles. The number of aromatic nitrogens is 2. The highest BCUT2D eigenvalue weighted by atomic mass is 35.5. The number of halogens is 2. The number of thiophene rings is 1. The first kappa shape index (κ1) is 12.5. The van der Waals surface area contributed by atoms with Crippen LogP contribution in [0, 0.1) is 0 Å². The molecular weight excluding hydrogens is 289 g/mol. The van der Waals surface area contributed by atoms with Gasteiger partial charge in [-0.15, -0.1) is 11.3 Å². The van der Waals surface area contributed by atoms with E-state index in [4.69, 9.17) is 23.2 Å². The number of rotatable bonds is 4. The molecule has 0 amide bonds. The third-order valence-corrected chi connectivity index (χ3v) is 4.46. The Kier molecular flexibility index (Phi) is 3.36. The molecule has 0 saturated heterocycles. The molecule has 1 saturated carbocycles. The summed E-state index contributed by atoms with van der Waals surface area (Å²) in [6, 6.07) is 2.57. The highest BCUT2D eigenvalue weighted by Crippen LogP contribution is 2.38. The number of hydrogen-bond acceptors (Lipinski definition) is 3. The van der Waals surface area contributed by atoms with Crippen molar-refractivity contribution in [2.24, 2.45) is 7.05 Å². The van der Waals surface area contributed by atoms with Crippen LogP contribution < -0.4 is 5.32 Å². The van der Waals surface area contributed by atoms with Crippen LogP contribution in [0.5, 0.6) is 0 Å². The number of aryl methyl sites for hydroxylation is 1. The van der Waals surface area contributed by atoms with Crippen molar-refractivity contribution in [3.8, 4) is 11.3 Å². The van der Waals surface area contributed by atoms with E-state index >= 15 is 0 Å². The fourth-order valence-corrected chi connectivity index (χ4v) is 3.40. The summed E-state index contributed by atoms with van der Waals surface area (Å²) in [5.74, 6) is 0. The molecule has 1 aliphatic carbocycles. The lowest BCUT2D eigenvalue weighted by Gasteiger charge is -2.02. The highest BCUT2D eigenvalue weighted by Gasteiger charge is 2.22. The Labute approximate surface area is 120 Å². The molecule has 2 aromatic rings. The minimum Gasteiger partial charge on any atom is -0.310 e. The van der Waals surface area contributed by atoms with Gasteiger partial charge in [-0.25, -0.2) is 0 Å². The minimum atomic E-state index is 0.680. The molecule has 0 bridgehead atoms. The summed E-state index contributed by atoms with van der Waals surface area (Å²) < 4.78 is 3.22. The van der Waals surface area contributed by atoms with E-state index in [-0.39, 0.29) is 0 Å². The average Bonchev–Trinajstić information content (AvgIpc) is 2.98. The molecule has 0 radical (unpaired) electrons. The van der Waals surface area contributed by atoms with E-state index < -0.39 is 0 Å². The van der Waals surface area contributed by atoms with Gasteiger partial charge in [0.2, 0.25) is 0 Å². The van der Waals surface area contributed by atoms with Crippen LogP contribution in [0.1, 0.15) is 18.4 Å². The van der Waals surface area contributed by atoms with Crippen molar-refractivity contribution in [3.05, 3.63) is 26.5 Å². The standard InChI is InChI=1S/C12H13Cl2N3S/c1-17-6-7(5-15-8-2-3-8)11(16-17)9-4-10(13)18-12(9)14/h4,6,8,15H,2-3,5H2,1H3. The molecule has 0 atom stereocenters. The van der Waals surface area contributed by atoms with Gasteiger partial charge < -0.3 is 5.32 Å². The zero-order valence-electron chi connectivity index (χ0n) is 9.91. The van der Waals surface area contributed by atoms with Crippen LogP contribution in [-0.4, -0.2) is 15.8 Å². The first-order valence-electron chi connectivity index (χ1n) is 5.84. The van der Waals surface area contributed by atoms with E-state index in [1.165, 1.54) is 29.7 Å². The van der Waals surface area contributed by atoms with Crippen molar-refractivity contribution in [1.29, 1.82) is 0 Å². The Bertz CT molecular complexity index is 572. The predicted octanol–water partition coefficient (Wildman–Crippen LogP) is 3.71. The summed E-state index contributed by atoms with van der Waals surface area (Å²) in [6.45, 7) is 0.831. The van der Waals surface area contributed by atoms with Crippen molar-refractivity contribution in [2.45, 2.75) is 25.4 Å². The summed E-state index contributed by atoms with van der Waals surface area (Å²) >= 11 is 13.6. The maximum absolute atomic E-state index is 6.20. The van der Waals surface area contributed by atoms with Gasteiger partial charge in [-0.1, -0.05) is 23.2 Å². The van der Waals surface area contributed by atoms with Gasteiger partial charge >= 0.3 is 0 Å². The molecule has 96 valence electrons. The van der Waals surface area contributed by atoms with Crippen LogP contribution in [0.15, 0.2) is 12.3 Å². The zero-order valence-corrected chi connectivity index (χ0v) is 12.2. The van der Waals surface area contributed by atoms with Crippen LogP contribution in [-0.2, 0) is 13.6 Å². The molecule has 0 unspecified atom stereocenters. The van der Waals surface area contributed by atoms with Crippen molar-refractivity contribution >= 4 is 34.5 Å². The molecule has 1 N–H and O–H groups in total. The second kappa shape index (κ2) is 4.85. The third kappa shape index (κ3) is 2.57. The first-order valence-corrected chi connectivity index (χ1v) is 7.42. The largest absolute Gasteiger partial charge is 0.310 e. The summed E-state index contributed by atoms with van der Waals surface area (Å²) in [4.78, 5) is 0. The minimum absolute atomic E-state index is 0.680. The lowest BCUT2D eigenvalue weighted by molar-refractivity contribution is 0.687. The van der Waals surface area contributed by atoms with Crippen molar-refractivity contribution in [1.82, 2.24) is 15.1 Å². The Morgan fingerprint density at radius 2 is 2.28 bits per heavy atom. The fourth-order valence-electron chi connectivity index (χ4n) is 1.94. The second-order valence-electron chi connectivity index (χ2n) is 4.57. The molecule has 3 rings (SSSR count). The molecule has 1 aliphatic rings. The topological polar surface area (TPSA) is 29.9 Å². The van der Waals surface area contributed by atoms with Crippen molar-refractivity contribution in [3.63, 3.8) is 0 Å². The lowest BCUT2D eigenvalue weighted by Crippen LogP contribution is -2.15. The molecule has 0 spiro atoms. The van der Waals surface area contributed by atoms with Crippen LogP contribution >= 0.6 is 34.5 Å². The Hall–Kier alpha value is -0.550. The Balaban J connectivity index is 1.91. The molecule has 1 fully saturated rings. The van der Waals surface area contributed by atoms with Gasteiger partial charge in [0.25, 0.3) is 0 Å². The summed E-state index contributed by atoms with van der Waals surface area (Å²) in [6.07, 6.45) is 4.59. The number of hydrogen-bond donors (Lipinski definition) is 1. The van der Waals surface area contributed by atoms with E-state index in [0.29, 0.717) is 14.7 Å². The van der Waals surface area contributed by atoms with Gasteiger partial charge in [0.05, 0.1) is 10.0 Å². The van der Waals surface area contributed by atoms with E-state index in [1.54, 1.807) is 0 Å². The van der Waals surface area contributed by atoms with E-state index in [1.807, 2.05) is 24.0 Å².